The van der Waals surface area contributed by atoms with E-state index in [9.17, 15) is 0 Å². The fraction of sp³-hybridized carbons (Fsp3) is 0.571. The number of hydrogen-bond donors (Lipinski definition) is 1. The van der Waals surface area contributed by atoms with Crippen LogP contribution in [0.15, 0.2) is 6.07 Å². The standard InChI is InChI=1S/C14H20ClNO/c1-9-8-10(2)13(17-4)11(12(9)15)14(3)6-5-7-16-14/h8,16H,5-7H2,1-4H3. The maximum atomic E-state index is 6.50. The van der Waals surface area contributed by atoms with Crippen molar-refractivity contribution < 1.29 is 4.74 Å². The molecule has 1 aromatic rings. The predicted octanol–water partition coefficient (Wildman–Crippen LogP) is 3.56. The average molecular weight is 254 g/mol. The van der Waals surface area contributed by atoms with Gasteiger partial charge in [-0.3, -0.25) is 0 Å². The molecule has 0 saturated carbocycles. The van der Waals surface area contributed by atoms with Gasteiger partial charge in [-0.15, -0.1) is 0 Å². The van der Waals surface area contributed by atoms with E-state index in [-0.39, 0.29) is 5.54 Å². The highest BCUT2D eigenvalue weighted by atomic mass is 35.5. The first-order chi connectivity index (χ1) is 7.99. The lowest BCUT2D eigenvalue weighted by Crippen LogP contribution is -2.34. The van der Waals surface area contributed by atoms with Crippen molar-refractivity contribution in [2.75, 3.05) is 13.7 Å². The summed E-state index contributed by atoms with van der Waals surface area (Å²) >= 11 is 6.50. The summed E-state index contributed by atoms with van der Waals surface area (Å²) in [6.45, 7) is 7.38. The third kappa shape index (κ3) is 2.04. The van der Waals surface area contributed by atoms with Gasteiger partial charge in [-0.1, -0.05) is 17.7 Å². The van der Waals surface area contributed by atoms with Gasteiger partial charge in [-0.25, -0.2) is 0 Å². The molecule has 1 unspecified atom stereocenters. The molecule has 1 N–H and O–H groups in total. The van der Waals surface area contributed by atoms with Crippen molar-refractivity contribution in [3.63, 3.8) is 0 Å². The lowest BCUT2D eigenvalue weighted by atomic mass is 9.87. The molecule has 1 aliphatic heterocycles. The van der Waals surface area contributed by atoms with E-state index >= 15 is 0 Å². The molecule has 2 rings (SSSR count). The number of rotatable bonds is 2. The molecule has 17 heavy (non-hydrogen) atoms. The van der Waals surface area contributed by atoms with E-state index in [1.807, 2.05) is 0 Å². The number of hydrogen-bond acceptors (Lipinski definition) is 2. The zero-order chi connectivity index (χ0) is 12.6. The molecule has 1 heterocycles. The third-order valence-corrected chi connectivity index (χ3v) is 4.20. The molecular weight excluding hydrogens is 234 g/mol. The maximum absolute atomic E-state index is 6.50. The summed E-state index contributed by atoms with van der Waals surface area (Å²) < 4.78 is 5.57. The highest BCUT2D eigenvalue weighted by Crippen LogP contribution is 2.43. The second kappa shape index (κ2) is 4.51. The van der Waals surface area contributed by atoms with Gasteiger partial charge in [0.25, 0.3) is 0 Å². The summed E-state index contributed by atoms with van der Waals surface area (Å²) in [5.74, 6) is 0.928. The number of benzene rings is 1. The third-order valence-electron chi connectivity index (χ3n) is 3.71. The molecule has 0 aromatic heterocycles. The Bertz CT molecular complexity index is 436. The Labute approximate surface area is 108 Å². The van der Waals surface area contributed by atoms with Crippen molar-refractivity contribution in [1.29, 1.82) is 0 Å². The zero-order valence-corrected chi connectivity index (χ0v) is 11.7. The van der Waals surface area contributed by atoms with Crippen molar-refractivity contribution >= 4 is 11.6 Å². The van der Waals surface area contributed by atoms with Gasteiger partial charge in [0.2, 0.25) is 0 Å². The van der Waals surface area contributed by atoms with Crippen LogP contribution < -0.4 is 10.1 Å². The maximum Gasteiger partial charge on any atom is 0.128 e. The van der Waals surface area contributed by atoms with Gasteiger partial charge in [0, 0.05) is 11.1 Å². The lowest BCUT2D eigenvalue weighted by Gasteiger charge is -2.29. The zero-order valence-electron chi connectivity index (χ0n) is 11.0. The van der Waals surface area contributed by atoms with Gasteiger partial charge in [-0.2, -0.15) is 0 Å². The van der Waals surface area contributed by atoms with Gasteiger partial charge in [0.05, 0.1) is 12.1 Å². The van der Waals surface area contributed by atoms with E-state index in [2.05, 4.69) is 32.2 Å². The van der Waals surface area contributed by atoms with Crippen LogP contribution in [0.3, 0.4) is 0 Å². The van der Waals surface area contributed by atoms with Crippen molar-refractivity contribution in [2.24, 2.45) is 0 Å². The SMILES string of the molecule is COc1c(C)cc(C)c(Cl)c1C1(C)CCCN1. The van der Waals surface area contributed by atoms with Gasteiger partial charge in [0.15, 0.2) is 0 Å². The lowest BCUT2D eigenvalue weighted by molar-refractivity contribution is 0.368. The smallest absolute Gasteiger partial charge is 0.128 e. The number of nitrogens with one attached hydrogen (secondary N) is 1. The Balaban J connectivity index is 2.65. The van der Waals surface area contributed by atoms with E-state index in [4.69, 9.17) is 16.3 Å². The number of ether oxygens (including phenoxy) is 1. The Kier molecular flexibility index (Phi) is 3.37. The second-order valence-corrected chi connectivity index (χ2v) is 5.47. The van der Waals surface area contributed by atoms with Crippen LogP contribution in [0.2, 0.25) is 5.02 Å². The quantitative estimate of drug-likeness (QED) is 0.870. The fourth-order valence-electron chi connectivity index (χ4n) is 2.81. The number of methoxy groups -OCH3 is 1. The van der Waals surface area contributed by atoms with Crippen LogP contribution in [0.4, 0.5) is 0 Å². The molecule has 0 bridgehead atoms. The molecule has 1 saturated heterocycles. The molecule has 0 spiro atoms. The molecule has 94 valence electrons. The van der Waals surface area contributed by atoms with Crippen molar-refractivity contribution in [3.8, 4) is 5.75 Å². The first-order valence-corrected chi connectivity index (χ1v) is 6.46. The molecule has 1 atom stereocenters. The minimum Gasteiger partial charge on any atom is -0.496 e. The second-order valence-electron chi connectivity index (χ2n) is 5.10. The molecule has 1 fully saturated rings. The van der Waals surface area contributed by atoms with Gasteiger partial charge in [-0.05, 0) is 51.3 Å². The van der Waals surface area contributed by atoms with Crippen molar-refractivity contribution in [3.05, 3.63) is 27.8 Å². The highest BCUT2D eigenvalue weighted by molar-refractivity contribution is 6.32. The minimum atomic E-state index is -0.0563. The number of halogens is 1. The van der Waals surface area contributed by atoms with E-state index in [0.717, 1.165) is 40.4 Å². The molecule has 0 radical (unpaired) electrons. The normalized spacial score (nSPS) is 24.1. The van der Waals surface area contributed by atoms with E-state index in [1.165, 1.54) is 6.42 Å². The van der Waals surface area contributed by atoms with Gasteiger partial charge < -0.3 is 10.1 Å². The summed E-state index contributed by atoms with van der Waals surface area (Å²) in [5.41, 5.74) is 3.34. The summed E-state index contributed by atoms with van der Waals surface area (Å²) in [5, 5.41) is 4.39. The van der Waals surface area contributed by atoms with Gasteiger partial charge in [0.1, 0.15) is 5.75 Å². The van der Waals surface area contributed by atoms with Crippen LogP contribution in [-0.4, -0.2) is 13.7 Å². The van der Waals surface area contributed by atoms with Crippen molar-refractivity contribution in [2.45, 2.75) is 39.2 Å². The molecule has 2 nitrogen and oxygen atoms in total. The molecule has 0 amide bonds. The molecule has 1 aliphatic rings. The van der Waals surface area contributed by atoms with Crippen LogP contribution in [0.25, 0.3) is 0 Å². The first-order valence-electron chi connectivity index (χ1n) is 6.09. The topological polar surface area (TPSA) is 21.3 Å². The Morgan fingerprint density at radius 2 is 2.06 bits per heavy atom. The fourth-order valence-corrected chi connectivity index (χ4v) is 3.16. The monoisotopic (exact) mass is 253 g/mol. The summed E-state index contributed by atoms with van der Waals surface area (Å²) in [6.07, 6.45) is 2.29. The van der Waals surface area contributed by atoms with Crippen molar-refractivity contribution in [1.82, 2.24) is 5.32 Å². The first kappa shape index (κ1) is 12.7. The molecule has 1 aromatic carbocycles. The van der Waals surface area contributed by atoms with Crippen LogP contribution in [0.5, 0.6) is 5.75 Å². The summed E-state index contributed by atoms with van der Waals surface area (Å²) in [7, 11) is 1.72. The van der Waals surface area contributed by atoms with E-state index in [1.54, 1.807) is 7.11 Å². The highest BCUT2D eigenvalue weighted by Gasteiger charge is 2.35. The van der Waals surface area contributed by atoms with Crippen LogP contribution in [0, 0.1) is 13.8 Å². The molecular formula is C14H20ClNO. The number of aryl methyl sites for hydroxylation is 2. The predicted molar refractivity (Wildman–Crippen MR) is 72.1 cm³/mol. The average Bonchev–Trinajstić information content (AvgIpc) is 2.71. The summed E-state index contributed by atoms with van der Waals surface area (Å²) in [6, 6.07) is 2.09. The molecule has 3 heteroatoms. The Hall–Kier alpha value is -0.730. The van der Waals surface area contributed by atoms with Crippen LogP contribution in [0.1, 0.15) is 36.5 Å². The van der Waals surface area contributed by atoms with Crippen LogP contribution in [-0.2, 0) is 5.54 Å². The van der Waals surface area contributed by atoms with E-state index < -0.39 is 0 Å². The Morgan fingerprint density at radius 3 is 2.59 bits per heavy atom. The van der Waals surface area contributed by atoms with E-state index in [0.29, 0.717) is 0 Å². The Morgan fingerprint density at radius 1 is 1.35 bits per heavy atom. The van der Waals surface area contributed by atoms with Crippen LogP contribution >= 0.6 is 11.6 Å². The van der Waals surface area contributed by atoms with Gasteiger partial charge >= 0.3 is 0 Å². The molecule has 0 aliphatic carbocycles. The minimum absolute atomic E-state index is 0.0563. The largest absolute Gasteiger partial charge is 0.496 e. The summed E-state index contributed by atoms with van der Waals surface area (Å²) in [4.78, 5) is 0.